The van der Waals surface area contributed by atoms with Crippen LogP contribution in [0.5, 0.6) is 5.75 Å². The Hall–Kier alpha value is -3.34. The summed E-state index contributed by atoms with van der Waals surface area (Å²) < 4.78 is 5.40. The number of nitrogens with zero attached hydrogens (tertiary/aromatic N) is 2. The Morgan fingerprint density at radius 1 is 0.969 bits per heavy atom. The molecule has 3 aromatic rings. The van der Waals surface area contributed by atoms with Crippen molar-refractivity contribution in [2.45, 2.75) is 43.7 Å². The van der Waals surface area contributed by atoms with E-state index in [9.17, 15) is 0 Å². The predicted molar refractivity (Wildman–Crippen MR) is 128 cm³/mol. The van der Waals surface area contributed by atoms with Crippen molar-refractivity contribution in [3.63, 3.8) is 0 Å². The fourth-order valence-electron chi connectivity index (χ4n) is 5.20. The van der Waals surface area contributed by atoms with Crippen LogP contribution >= 0.6 is 0 Å². The Morgan fingerprint density at radius 3 is 2.50 bits per heavy atom. The lowest BCUT2D eigenvalue weighted by Crippen LogP contribution is -2.42. The maximum absolute atomic E-state index is 8.87. The highest BCUT2D eigenvalue weighted by Gasteiger charge is 2.45. The molecule has 1 aliphatic heterocycles. The van der Waals surface area contributed by atoms with Crippen molar-refractivity contribution in [1.29, 1.82) is 5.41 Å². The summed E-state index contributed by atoms with van der Waals surface area (Å²) in [5.41, 5.74) is 3.83. The van der Waals surface area contributed by atoms with Crippen molar-refractivity contribution < 1.29 is 4.74 Å². The van der Waals surface area contributed by atoms with Gasteiger partial charge < -0.3 is 15.0 Å². The van der Waals surface area contributed by atoms with E-state index in [0.717, 1.165) is 47.5 Å². The number of aromatic nitrogens is 1. The SMILES string of the molecule is COc1ccc(C2(c3cccc(-c4ccccn4)c3)CN(C3CCCCC3)C(=N)N2)cc1. The third kappa shape index (κ3) is 3.72. The summed E-state index contributed by atoms with van der Waals surface area (Å²) in [4.78, 5) is 6.84. The van der Waals surface area contributed by atoms with Crippen LogP contribution < -0.4 is 10.1 Å². The van der Waals surface area contributed by atoms with E-state index in [4.69, 9.17) is 10.1 Å². The lowest BCUT2D eigenvalue weighted by Gasteiger charge is -2.34. The van der Waals surface area contributed by atoms with Gasteiger partial charge in [-0.1, -0.05) is 55.7 Å². The molecular weight excluding hydrogens is 396 g/mol. The number of hydrogen-bond acceptors (Lipinski definition) is 3. The first kappa shape index (κ1) is 20.6. The van der Waals surface area contributed by atoms with Crippen LogP contribution in [-0.2, 0) is 5.54 Å². The van der Waals surface area contributed by atoms with Crippen molar-refractivity contribution in [3.05, 3.63) is 84.1 Å². The minimum Gasteiger partial charge on any atom is -0.497 e. The van der Waals surface area contributed by atoms with Gasteiger partial charge in [0.15, 0.2) is 5.96 Å². The second-order valence-corrected chi connectivity index (χ2v) is 8.82. The zero-order valence-electron chi connectivity index (χ0n) is 18.6. The van der Waals surface area contributed by atoms with Crippen molar-refractivity contribution in [2.75, 3.05) is 13.7 Å². The number of ether oxygens (including phenoxy) is 1. The van der Waals surface area contributed by atoms with Crippen molar-refractivity contribution in [2.24, 2.45) is 0 Å². The number of benzene rings is 2. The summed E-state index contributed by atoms with van der Waals surface area (Å²) in [5, 5.41) is 12.5. The monoisotopic (exact) mass is 426 g/mol. The highest BCUT2D eigenvalue weighted by atomic mass is 16.5. The molecule has 0 amide bonds. The van der Waals surface area contributed by atoms with Crippen LogP contribution in [0.4, 0.5) is 0 Å². The summed E-state index contributed by atoms with van der Waals surface area (Å²) in [7, 11) is 1.69. The first-order chi connectivity index (χ1) is 15.7. The van der Waals surface area contributed by atoms with Crippen LogP contribution in [0.2, 0.25) is 0 Å². The van der Waals surface area contributed by atoms with Crippen LogP contribution in [0.1, 0.15) is 43.2 Å². The molecular formula is C27H30N4O. The summed E-state index contributed by atoms with van der Waals surface area (Å²) in [5.74, 6) is 1.36. The summed E-state index contributed by atoms with van der Waals surface area (Å²) in [6.45, 7) is 0.745. The Morgan fingerprint density at radius 2 is 1.78 bits per heavy atom. The lowest BCUT2D eigenvalue weighted by atomic mass is 9.82. The first-order valence-corrected chi connectivity index (χ1v) is 11.5. The van der Waals surface area contributed by atoms with Gasteiger partial charge in [-0.2, -0.15) is 0 Å². The molecule has 5 rings (SSSR count). The molecule has 1 unspecified atom stereocenters. The molecule has 5 heteroatoms. The van der Waals surface area contributed by atoms with Gasteiger partial charge in [-0.15, -0.1) is 0 Å². The predicted octanol–water partition coefficient (Wildman–Crippen LogP) is 5.17. The first-order valence-electron chi connectivity index (χ1n) is 11.5. The summed E-state index contributed by atoms with van der Waals surface area (Å²) in [6.07, 6.45) is 7.96. The van der Waals surface area contributed by atoms with Gasteiger partial charge in [0.1, 0.15) is 11.3 Å². The van der Waals surface area contributed by atoms with Gasteiger partial charge in [0, 0.05) is 17.8 Å². The number of nitrogens with one attached hydrogen (secondary N) is 2. The number of methoxy groups -OCH3 is 1. The molecule has 0 radical (unpaired) electrons. The van der Waals surface area contributed by atoms with E-state index in [2.05, 4.69) is 51.6 Å². The van der Waals surface area contributed by atoms with Crippen LogP contribution in [0.3, 0.4) is 0 Å². The molecule has 2 fully saturated rings. The van der Waals surface area contributed by atoms with E-state index < -0.39 is 5.54 Å². The smallest absolute Gasteiger partial charge is 0.192 e. The molecule has 0 spiro atoms. The number of pyridine rings is 1. The molecule has 5 nitrogen and oxygen atoms in total. The van der Waals surface area contributed by atoms with Gasteiger partial charge in [0.05, 0.1) is 19.3 Å². The van der Waals surface area contributed by atoms with Crippen molar-refractivity contribution >= 4 is 5.96 Å². The van der Waals surface area contributed by atoms with E-state index in [-0.39, 0.29) is 0 Å². The Bertz CT molecular complexity index is 1080. The standard InChI is InChI=1S/C27H30N4O/c1-32-24-15-13-21(14-16-24)27(19-31(26(28)30-27)23-10-3-2-4-11-23)22-9-7-8-20(18-22)25-12-5-6-17-29-25/h5-9,12-18,23H,2-4,10-11,19H2,1H3,(H2,28,30). The normalized spacial score (nSPS) is 21.4. The molecule has 0 bridgehead atoms. The number of rotatable bonds is 5. The second kappa shape index (κ2) is 8.65. The van der Waals surface area contributed by atoms with E-state index in [1.54, 1.807) is 7.11 Å². The molecule has 1 aliphatic carbocycles. The van der Waals surface area contributed by atoms with Gasteiger partial charge in [-0.25, -0.2) is 0 Å². The second-order valence-electron chi connectivity index (χ2n) is 8.82. The molecule has 164 valence electrons. The zero-order chi connectivity index (χ0) is 22.0. The van der Waals surface area contributed by atoms with Gasteiger partial charge >= 0.3 is 0 Å². The van der Waals surface area contributed by atoms with Crippen LogP contribution in [0.15, 0.2) is 72.9 Å². The fourth-order valence-corrected chi connectivity index (χ4v) is 5.20. The Balaban J connectivity index is 1.59. The van der Waals surface area contributed by atoms with Gasteiger partial charge in [-0.3, -0.25) is 10.4 Å². The van der Waals surface area contributed by atoms with Crippen LogP contribution in [-0.4, -0.2) is 35.5 Å². The molecule has 2 aliphatic rings. The van der Waals surface area contributed by atoms with E-state index >= 15 is 0 Å². The largest absolute Gasteiger partial charge is 0.497 e. The van der Waals surface area contributed by atoms with Crippen LogP contribution in [0, 0.1) is 5.41 Å². The molecule has 2 aromatic carbocycles. The van der Waals surface area contributed by atoms with Crippen molar-refractivity contribution in [1.82, 2.24) is 15.2 Å². The average Bonchev–Trinajstić information content (AvgIpc) is 3.23. The van der Waals surface area contributed by atoms with Crippen molar-refractivity contribution in [3.8, 4) is 17.0 Å². The zero-order valence-corrected chi connectivity index (χ0v) is 18.6. The quantitative estimate of drug-likeness (QED) is 0.591. The average molecular weight is 427 g/mol. The Kier molecular flexibility index (Phi) is 5.56. The number of guanidine groups is 1. The van der Waals surface area contributed by atoms with Gasteiger partial charge in [0.25, 0.3) is 0 Å². The minimum atomic E-state index is -0.494. The molecule has 1 aromatic heterocycles. The summed E-state index contributed by atoms with van der Waals surface area (Å²) >= 11 is 0. The molecule has 1 atom stereocenters. The highest BCUT2D eigenvalue weighted by Crippen LogP contribution is 2.39. The van der Waals surface area contributed by atoms with Gasteiger partial charge in [0.2, 0.25) is 0 Å². The highest BCUT2D eigenvalue weighted by molar-refractivity contribution is 5.82. The third-order valence-corrected chi connectivity index (χ3v) is 6.94. The van der Waals surface area contributed by atoms with Crippen LogP contribution in [0.25, 0.3) is 11.3 Å². The minimum absolute atomic E-state index is 0.433. The van der Waals surface area contributed by atoms with E-state index in [1.165, 1.54) is 19.3 Å². The molecule has 32 heavy (non-hydrogen) atoms. The van der Waals surface area contributed by atoms with E-state index in [1.807, 2.05) is 36.5 Å². The Labute approximate surface area is 190 Å². The molecule has 2 heterocycles. The molecule has 2 N–H and O–H groups in total. The van der Waals surface area contributed by atoms with E-state index in [0.29, 0.717) is 12.0 Å². The number of hydrogen-bond donors (Lipinski definition) is 2. The lowest BCUT2D eigenvalue weighted by molar-refractivity contribution is 0.240. The third-order valence-electron chi connectivity index (χ3n) is 6.94. The summed E-state index contributed by atoms with van der Waals surface area (Å²) in [6, 6.07) is 23.3. The topological polar surface area (TPSA) is 61.2 Å². The molecule has 1 saturated heterocycles. The molecule has 1 saturated carbocycles. The van der Waals surface area contributed by atoms with Gasteiger partial charge in [-0.05, 0) is 54.3 Å². The maximum Gasteiger partial charge on any atom is 0.192 e. The maximum atomic E-state index is 8.87. The fraction of sp³-hybridized carbons (Fsp3) is 0.333.